The van der Waals surface area contributed by atoms with Crippen molar-refractivity contribution in [2.45, 2.75) is 31.2 Å². The summed E-state index contributed by atoms with van der Waals surface area (Å²) in [6, 6.07) is 14.2. The fourth-order valence-corrected chi connectivity index (χ4v) is 2.56. The number of nitrogens with one attached hydrogen (secondary N) is 1. The van der Waals surface area contributed by atoms with Gasteiger partial charge in [0.15, 0.2) is 0 Å². The van der Waals surface area contributed by atoms with Gasteiger partial charge < -0.3 is 10.1 Å². The SMILES string of the molecule is O=C(NC1(c2cccc(C(F)(F)F)c2)CC1)OCc1ccccc1. The minimum absolute atomic E-state index is 0.116. The van der Waals surface area contributed by atoms with E-state index < -0.39 is 23.4 Å². The van der Waals surface area contributed by atoms with Crippen LogP contribution in [-0.4, -0.2) is 6.09 Å². The number of halogens is 3. The molecule has 0 unspecified atom stereocenters. The van der Waals surface area contributed by atoms with Crippen LogP contribution in [0.4, 0.5) is 18.0 Å². The Balaban J connectivity index is 1.65. The van der Waals surface area contributed by atoms with E-state index in [4.69, 9.17) is 4.74 Å². The van der Waals surface area contributed by atoms with Gasteiger partial charge in [0.05, 0.1) is 11.1 Å². The van der Waals surface area contributed by atoms with E-state index in [1.807, 2.05) is 30.3 Å². The van der Waals surface area contributed by atoms with Gasteiger partial charge in [0.1, 0.15) is 6.61 Å². The number of alkyl carbamates (subject to hydrolysis) is 1. The molecule has 0 aromatic heterocycles. The molecular weight excluding hydrogens is 319 g/mol. The molecule has 1 N–H and O–H groups in total. The third-order valence-electron chi connectivity index (χ3n) is 4.05. The van der Waals surface area contributed by atoms with Gasteiger partial charge in [0, 0.05) is 0 Å². The van der Waals surface area contributed by atoms with Gasteiger partial charge >= 0.3 is 12.3 Å². The van der Waals surface area contributed by atoms with Gasteiger partial charge in [0.25, 0.3) is 0 Å². The van der Waals surface area contributed by atoms with Crippen molar-refractivity contribution in [2.75, 3.05) is 0 Å². The summed E-state index contributed by atoms with van der Waals surface area (Å²) >= 11 is 0. The summed E-state index contributed by atoms with van der Waals surface area (Å²) in [4.78, 5) is 12.0. The summed E-state index contributed by atoms with van der Waals surface area (Å²) in [6.45, 7) is 0.116. The molecular formula is C18H16F3NO2. The quantitative estimate of drug-likeness (QED) is 0.885. The number of carbonyl (C=O) groups is 1. The molecule has 2 aromatic rings. The normalized spacial score (nSPS) is 15.6. The van der Waals surface area contributed by atoms with Crippen LogP contribution < -0.4 is 5.32 Å². The first-order chi connectivity index (χ1) is 11.4. The number of alkyl halides is 3. The summed E-state index contributed by atoms with van der Waals surface area (Å²) in [5, 5.41) is 2.70. The van der Waals surface area contributed by atoms with Crippen LogP contribution in [0, 0.1) is 0 Å². The lowest BCUT2D eigenvalue weighted by Crippen LogP contribution is -2.35. The van der Waals surface area contributed by atoms with E-state index in [1.54, 1.807) is 6.07 Å². The molecule has 1 saturated carbocycles. The van der Waals surface area contributed by atoms with E-state index in [2.05, 4.69) is 5.32 Å². The van der Waals surface area contributed by atoms with Crippen LogP contribution in [0.15, 0.2) is 54.6 Å². The van der Waals surface area contributed by atoms with Crippen molar-refractivity contribution >= 4 is 6.09 Å². The molecule has 0 spiro atoms. The predicted molar refractivity (Wildman–Crippen MR) is 82.1 cm³/mol. The van der Waals surface area contributed by atoms with Gasteiger partial charge in [-0.3, -0.25) is 0 Å². The van der Waals surface area contributed by atoms with E-state index in [-0.39, 0.29) is 6.61 Å². The summed E-state index contributed by atoms with van der Waals surface area (Å²) in [6.07, 6.45) is -3.85. The van der Waals surface area contributed by atoms with E-state index in [1.165, 1.54) is 6.07 Å². The number of hydrogen-bond donors (Lipinski definition) is 1. The standard InChI is InChI=1S/C18H16F3NO2/c19-18(20,21)15-8-4-7-14(11-15)17(9-10-17)22-16(23)24-12-13-5-2-1-3-6-13/h1-8,11H,9-10,12H2,(H,22,23). The summed E-state index contributed by atoms with van der Waals surface area (Å²) in [5.74, 6) is 0. The fourth-order valence-electron chi connectivity index (χ4n) is 2.56. The Morgan fingerprint density at radius 3 is 2.42 bits per heavy atom. The van der Waals surface area contributed by atoms with E-state index in [0.717, 1.165) is 17.7 Å². The van der Waals surface area contributed by atoms with Gasteiger partial charge in [-0.05, 0) is 36.1 Å². The molecule has 1 aliphatic carbocycles. The molecule has 1 aliphatic rings. The monoisotopic (exact) mass is 335 g/mol. The molecule has 1 amide bonds. The number of carbonyl (C=O) groups excluding carboxylic acids is 1. The second-order valence-corrected chi connectivity index (χ2v) is 5.85. The molecule has 126 valence electrons. The van der Waals surface area contributed by atoms with Crippen molar-refractivity contribution in [3.05, 3.63) is 71.3 Å². The van der Waals surface area contributed by atoms with Crippen molar-refractivity contribution in [3.8, 4) is 0 Å². The number of benzene rings is 2. The summed E-state index contributed by atoms with van der Waals surface area (Å²) in [7, 11) is 0. The van der Waals surface area contributed by atoms with E-state index in [9.17, 15) is 18.0 Å². The Hall–Kier alpha value is -2.50. The van der Waals surface area contributed by atoms with Crippen molar-refractivity contribution in [3.63, 3.8) is 0 Å². The third-order valence-corrected chi connectivity index (χ3v) is 4.05. The molecule has 3 nitrogen and oxygen atoms in total. The van der Waals surface area contributed by atoms with Crippen LogP contribution in [0.2, 0.25) is 0 Å². The number of ether oxygens (including phenoxy) is 1. The van der Waals surface area contributed by atoms with Crippen LogP contribution in [0.1, 0.15) is 29.5 Å². The second-order valence-electron chi connectivity index (χ2n) is 5.85. The van der Waals surface area contributed by atoms with Crippen molar-refractivity contribution in [2.24, 2.45) is 0 Å². The summed E-state index contributed by atoms with van der Waals surface area (Å²) in [5.41, 5.74) is -0.175. The zero-order valence-electron chi connectivity index (χ0n) is 12.8. The predicted octanol–water partition coefficient (Wildman–Crippen LogP) is 4.62. The molecule has 1 fully saturated rings. The number of amides is 1. The lowest BCUT2D eigenvalue weighted by molar-refractivity contribution is -0.137. The molecule has 24 heavy (non-hydrogen) atoms. The highest BCUT2D eigenvalue weighted by molar-refractivity contribution is 5.69. The maximum atomic E-state index is 12.8. The molecule has 3 rings (SSSR count). The Morgan fingerprint density at radius 1 is 1.08 bits per heavy atom. The van der Waals surface area contributed by atoms with Gasteiger partial charge in [-0.15, -0.1) is 0 Å². The average Bonchev–Trinajstić information content (AvgIpc) is 3.34. The minimum atomic E-state index is -4.40. The Kier molecular flexibility index (Phi) is 4.22. The molecule has 0 saturated heterocycles. The molecule has 0 radical (unpaired) electrons. The van der Waals surface area contributed by atoms with Crippen LogP contribution in [-0.2, 0) is 23.1 Å². The second kappa shape index (κ2) is 6.19. The first-order valence-electron chi connectivity index (χ1n) is 7.56. The van der Waals surface area contributed by atoms with Gasteiger partial charge in [-0.1, -0.05) is 42.5 Å². The maximum absolute atomic E-state index is 12.8. The van der Waals surface area contributed by atoms with E-state index >= 15 is 0 Å². The topological polar surface area (TPSA) is 38.3 Å². The van der Waals surface area contributed by atoms with Crippen LogP contribution in [0.25, 0.3) is 0 Å². The Bertz CT molecular complexity index is 725. The number of rotatable bonds is 4. The Labute approximate surface area is 137 Å². The zero-order chi connectivity index (χ0) is 17.2. The third kappa shape index (κ3) is 3.69. The van der Waals surface area contributed by atoms with Crippen molar-refractivity contribution in [1.82, 2.24) is 5.32 Å². The molecule has 0 aliphatic heterocycles. The van der Waals surface area contributed by atoms with E-state index in [0.29, 0.717) is 18.4 Å². The molecule has 2 aromatic carbocycles. The fraction of sp³-hybridized carbons (Fsp3) is 0.278. The Morgan fingerprint density at radius 2 is 1.79 bits per heavy atom. The van der Waals surface area contributed by atoms with Gasteiger partial charge in [-0.25, -0.2) is 4.79 Å². The lowest BCUT2D eigenvalue weighted by atomic mass is 10.0. The molecule has 6 heteroatoms. The van der Waals surface area contributed by atoms with Crippen molar-refractivity contribution in [1.29, 1.82) is 0 Å². The van der Waals surface area contributed by atoms with Crippen molar-refractivity contribution < 1.29 is 22.7 Å². The highest BCUT2D eigenvalue weighted by Crippen LogP contribution is 2.46. The lowest BCUT2D eigenvalue weighted by Gasteiger charge is -2.19. The summed E-state index contributed by atoms with van der Waals surface area (Å²) < 4.78 is 43.7. The largest absolute Gasteiger partial charge is 0.445 e. The zero-order valence-corrected chi connectivity index (χ0v) is 12.8. The first-order valence-corrected chi connectivity index (χ1v) is 7.56. The van der Waals surface area contributed by atoms with Gasteiger partial charge in [0.2, 0.25) is 0 Å². The average molecular weight is 335 g/mol. The highest BCUT2D eigenvalue weighted by atomic mass is 19.4. The van der Waals surface area contributed by atoms with Crippen LogP contribution in [0.5, 0.6) is 0 Å². The maximum Gasteiger partial charge on any atom is 0.416 e. The van der Waals surface area contributed by atoms with Crippen LogP contribution in [0.3, 0.4) is 0 Å². The number of hydrogen-bond acceptors (Lipinski definition) is 2. The van der Waals surface area contributed by atoms with Crippen LogP contribution >= 0.6 is 0 Å². The molecule has 0 atom stereocenters. The minimum Gasteiger partial charge on any atom is -0.445 e. The smallest absolute Gasteiger partial charge is 0.416 e. The molecule has 0 heterocycles. The highest BCUT2D eigenvalue weighted by Gasteiger charge is 2.47. The first kappa shape index (κ1) is 16.4. The van der Waals surface area contributed by atoms with Gasteiger partial charge in [-0.2, -0.15) is 13.2 Å². The molecule has 0 bridgehead atoms.